The maximum absolute atomic E-state index is 17.3. The van der Waals surface area contributed by atoms with Crippen LogP contribution in [0.4, 0.5) is 8.78 Å². The van der Waals surface area contributed by atoms with Gasteiger partial charge in [0.2, 0.25) is 5.78 Å². The third-order valence-electron chi connectivity index (χ3n) is 45.0. The fourth-order valence-electron chi connectivity index (χ4n) is 37.1. The molecule has 772 valence electrons. The lowest BCUT2D eigenvalue weighted by molar-refractivity contribution is -0.228. The van der Waals surface area contributed by atoms with E-state index in [1.54, 1.807) is 76.3 Å². The number of allylic oxidation sites excluding steroid dienone is 20. The van der Waals surface area contributed by atoms with Crippen molar-refractivity contribution < 1.29 is 117 Å². The van der Waals surface area contributed by atoms with E-state index >= 15 is 8.78 Å². The molecule has 0 radical (unpaired) electrons. The van der Waals surface area contributed by atoms with Gasteiger partial charge in [-0.2, -0.15) is 0 Å². The van der Waals surface area contributed by atoms with Crippen LogP contribution in [0, 0.1) is 160 Å². The van der Waals surface area contributed by atoms with Crippen LogP contribution in [0.3, 0.4) is 0 Å². The van der Waals surface area contributed by atoms with Crippen LogP contribution in [0.5, 0.6) is 0 Å². The number of ketones is 11. The monoisotopic (exact) mass is 1950 g/mol. The number of halogens is 2. The minimum atomic E-state index is -2.03. The summed E-state index contributed by atoms with van der Waals surface area (Å²) in [5.41, 5.74) is -11.0. The van der Waals surface area contributed by atoms with E-state index < -0.39 is 145 Å². The highest BCUT2D eigenvalue weighted by Crippen LogP contribution is 2.77. The summed E-state index contributed by atoms with van der Waals surface area (Å²) < 4.78 is 40.2. The van der Waals surface area contributed by atoms with Gasteiger partial charge in [-0.3, -0.25) is 57.5 Å². The van der Waals surface area contributed by atoms with Gasteiger partial charge >= 0.3 is 5.97 Å². The molecule has 0 unspecified atom stereocenters. The van der Waals surface area contributed by atoms with E-state index in [0.29, 0.717) is 106 Å². The van der Waals surface area contributed by atoms with Crippen molar-refractivity contribution >= 4 is 69.6 Å². The maximum atomic E-state index is 17.3. The van der Waals surface area contributed by atoms with Crippen molar-refractivity contribution in [2.75, 3.05) is 19.8 Å². The number of rotatable bonds is 14. The lowest BCUT2D eigenvalue weighted by atomic mass is 9.43. The normalized spacial score (nSPS) is 49.0. The molecule has 141 heavy (non-hydrogen) atoms. The van der Waals surface area contributed by atoms with Gasteiger partial charge in [0.1, 0.15) is 36.8 Å². The van der Waals surface area contributed by atoms with Gasteiger partial charge in [0, 0.05) is 115 Å². The van der Waals surface area contributed by atoms with Crippen LogP contribution in [-0.2, 0) is 62.3 Å². The highest BCUT2D eigenvalue weighted by Gasteiger charge is 2.80. The molecule has 20 aliphatic carbocycles. The van der Waals surface area contributed by atoms with Crippen LogP contribution in [-0.4, -0.2) is 188 Å². The molecule has 37 atom stereocenters. The number of Topliss-reactive ketones (excluding diaryl/α,β-unsaturated/α-hetero) is 6. The first kappa shape index (κ1) is 107. The summed E-state index contributed by atoms with van der Waals surface area (Å²) in [6.07, 6.45) is 37.2. The van der Waals surface area contributed by atoms with Gasteiger partial charge in [0.25, 0.3) is 0 Å². The van der Waals surface area contributed by atoms with Crippen molar-refractivity contribution in [1.29, 1.82) is 0 Å². The second-order valence-electron chi connectivity index (χ2n) is 50.3. The van der Waals surface area contributed by atoms with E-state index in [-0.39, 0.29) is 159 Å². The van der Waals surface area contributed by atoms with Gasteiger partial charge in [0.15, 0.2) is 69.0 Å². The van der Waals surface area contributed by atoms with Crippen molar-refractivity contribution in [3.8, 4) is 0 Å². The minimum absolute atomic E-state index is 0.00723. The fraction of sp³-hybridized carbons (Fsp3) is 0.726. The smallest absolute Gasteiger partial charge is 0.306 e. The summed E-state index contributed by atoms with van der Waals surface area (Å²) in [6, 6.07) is 0. The number of ether oxygens (including phenoxy) is 1. The van der Waals surface area contributed by atoms with Crippen LogP contribution in [0.1, 0.15) is 298 Å². The second kappa shape index (κ2) is 36.4. The van der Waals surface area contributed by atoms with Gasteiger partial charge in [-0.25, -0.2) is 8.78 Å². The van der Waals surface area contributed by atoms with Gasteiger partial charge in [-0.05, 0) is 286 Å². The first-order valence-electron chi connectivity index (χ1n) is 53.3. The molecule has 20 aliphatic rings. The first-order valence-corrected chi connectivity index (χ1v) is 53.3. The van der Waals surface area contributed by atoms with E-state index in [0.717, 1.165) is 92.9 Å². The summed E-state index contributed by atoms with van der Waals surface area (Å²) >= 11 is 0. The molecule has 0 heterocycles. The van der Waals surface area contributed by atoms with Crippen LogP contribution in [0.2, 0.25) is 0 Å². The largest absolute Gasteiger partial charge is 0.450 e. The van der Waals surface area contributed by atoms with E-state index in [1.807, 2.05) is 73.6 Å². The Kier molecular flexibility index (Phi) is 27.5. The van der Waals surface area contributed by atoms with Crippen molar-refractivity contribution in [2.45, 2.75) is 351 Å². The molecule has 0 bridgehead atoms. The van der Waals surface area contributed by atoms with Gasteiger partial charge in [-0.15, -0.1) is 0 Å². The van der Waals surface area contributed by atoms with Crippen LogP contribution < -0.4 is 0 Å². The number of unbranched alkanes of at least 4 members (excludes halogenated alkanes) is 1. The minimum Gasteiger partial charge on any atom is -0.450 e. The number of hydrogen-bond donors (Lipinski definition) is 9. The molecular formula is C117H158F2O22. The Bertz CT molecular complexity index is 5530. The Labute approximate surface area is 831 Å². The molecule has 0 aromatic carbocycles. The predicted octanol–water partition coefficient (Wildman–Crippen LogP) is 16.0. The summed E-state index contributed by atoms with van der Waals surface area (Å²) in [6.45, 7) is 33.6. The molecule has 0 saturated heterocycles. The van der Waals surface area contributed by atoms with E-state index in [9.17, 15) is 103 Å². The first-order chi connectivity index (χ1) is 65.8. The molecule has 15 saturated carbocycles. The number of esters is 1. The summed E-state index contributed by atoms with van der Waals surface area (Å²) in [5, 5.41) is 97.1. The number of carbonyl (C=O) groups is 12. The molecule has 0 aromatic heterocycles. The van der Waals surface area contributed by atoms with Crippen molar-refractivity contribution in [3.63, 3.8) is 0 Å². The molecule has 22 nitrogen and oxygen atoms in total. The molecule has 20 rings (SSSR count). The molecule has 0 aromatic rings. The Hall–Kier alpha value is -7.26. The zero-order valence-corrected chi connectivity index (χ0v) is 86.5. The summed E-state index contributed by atoms with van der Waals surface area (Å²) in [4.78, 5) is 150. The molecule has 0 aliphatic heterocycles. The van der Waals surface area contributed by atoms with Gasteiger partial charge in [0.05, 0.1) is 24.4 Å². The Morgan fingerprint density at radius 1 is 0.411 bits per heavy atom. The number of aliphatic hydroxyl groups is 9. The number of hydrogen-bond acceptors (Lipinski definition) is 22. The maximum Gasteiger partial charge on any atom is 0.306 e. The van der Waals surface area contributed by atoms with Gasteiger partial charge < -0.3 is 50.7 Å². The topological polar surface area (TPSA) is 396 Å². The highest BCUT2D eigenvalue weighted by atomic mass is 19.1. The number of fused-ring (bicyclic) bond motifs is 25. The molecule has 0 amide bonds. The fourth-order valence-corrected chi connectivity index (χ4v) is 37.1. The van der Waals surface area contributed by atoms with Gasteiger partial charge in [-0.1, -0.05) is 175 Å². The van der Waals surface area contributed by atoms with Crippen LogP contribution in [0.15, 0.2) is 119 Å². The average Bonchev–Trinajstić information content (AvgIpc) is 1.54. The highest BCUT2D eigenvalue weighted by molar-refractivity contribution is 6.04. The summed E-state index contributed by atoms with van der Waals surface area (Å²) in [7, 11) is 0. The van der Waals surface area contributed by atoms with Crippen molar-refractivity contribution in [3.05, 3.63) is 119 Å². The predicted molar refractivity (Wildman–Crippen MR) is 525 cm³/mol. The third-order valence-corrected chi connectivity index (χ3v) is 45.0. The Balaban J connectivity index is 0.000000127. The number of alkyl halides is 2. The molecule has 0 spiro atoms. The molecular weight excluding hydrogens is 1800 g/mol. The van der Waals surface area contributed by atoms with E-state index in [2.05, 4.69) is 41.5 Å². The Morgan fingerprint density at radius 3 is 1.32 bits per heavy atom. The van der Waals surface area contributed by atoms with E-state index in [4.69, 9.17) is 4.74 Å². The van der Waals surface area contributed by atoms with Crippen LogP contribution >= 0.6 is 0 Å². The molecule has 24 heteroatoms. The lowest BCUT2D eigenvalue weighted by Gasteiger charge is -2.62. The summed E-state index contributed by atoms with van der Waals surface area (Å²) in [5.74, 6) is -1.91. The van der Waals surface area contributed by atoms with Crippen molar-refractivity contribution in [2.24, 2.45) is 160 Å². The molecule has 15 fully saturated rings. The quantitative estimate of drug-likeness (QED) is 0.0729. The average molecular weight is 1950 g/mol. The zero-order valence-electron chi connectivity index (χ0n) is 86.5. The number of aliphatic hydroxyl groups excluding tert-OH is 7. The lowest BCUT2D eigenvalue weighted by Crippen LogP contribution is -2.70. The third kappa shape index (κ3) is 14.8. The van der Waals surface area contributed by atoms with Crippen molar-refractivity contribution in [1.82, 2.24) is 0 Å². The number of carbonyl (C=O) groups excluding carboxylic acids is 12. The standard InChI is InChI=1S/C27H37FO6.C23H31FO4.C23H32O4.C22H30O4.C22H28O4/c1-5-6-7-23(33)34-27(22(32)15-29)16(2)12-20-19-9-8-17-13-18(30)10-11-24(17,3)26(19,28)21(31)14-25(20,27)4;1-5-18(26)23(28)13(2)10-17-16-7-6-14-11-15(25)8-9-20(14,3)22(16,24)19(27)12-21(17,23)4;1-13-9-15-16-6-8-22(3,19(27)12-24)23(16,4)11-18(26)20(15)21(2)7-5-14(25)10-17(13)21;1-20-8-6-14(24)10-13(20)4-5-15-16-7-9-21(2,18(26)12-23)22(16,3)11-17(25)19(15)20;1-4-18(25)22(26)10-8-16-15-6-5-13-11-14(23)7-9-20(13,2)19(15)17(24)12-21(16,22)3/h10-11,13,16,19-21,29,31H,5-9,12,14-15H2,1-4H3;8-9,11,13,16-17,19,27-28H,5-7,10,12H2,1-4H3;5,7,10,13,15-16,18,20,24,26H,6,8-9,11-12H2,1-4H3;6,8,10,15-17,19,23,25H,4-5,7,9,11-12H2,1-3H3;7,9,11,15-16,19,26H,4-6,8,10,12H2,1-3H3/t16-,19-,20-,21-,24-,25-,26-,27-;13-,16+,17+,19+,20+,21+,22+,23+;13-,15-,16-,18-,20+,21-,22+,23-;15-,16-,17-,19+,20-,21+,22-;15-,16-,19+,20-,21-,22-/m01000/s1. The molecule has 9 N–H and O–H groups in total. The zero-order chi connectivity index (χ0) is 103. The SMILES string of the molecule is CCC(=O)[C@@]1(O)CC[C@H]2[C@@H]3CCC4=CC(=O)C=C[C@]4(C)[C@H]3C(=O)C[C@@]21C.CCC(=O)[C@@]1(O)[C@H](C)C[C@H]2[C@@H]3CCC4=CC(=O)C=C[C@]4(C)[C@@]3(F)[C@@H](O)C[C@@]21C.CCCCC(=O)O[C@]1(C(=O)CO)[C@@H](C)C[C@H]2[C@@H]3CCC4=CC(=O)C=C[C@]4(C)[C@@]3(F)[C@@H](O)C[C@@]21C.C[C@H]1C[C@@H]2[C@H]([C@@H](O)C[C@@]3(C)[C@H]2CC[C@]3(C)C(=O)CO)[C@@]2(C)C=CC(=O)C=C12.C[C@]12C=CC(=O)C=C1CC[C@@H]1[C@@H]2[C@@H](O)C[C@@]2(C)[C@H]1CC[C@]2(C)C(=O)CO. The van der Waals surface area contributed by atoms with E-state index in [1.165, 1.54) is 24.3 Å². The second-order valence-corrected chi connectivity index (χ2v) is 50.3. The Morgan fingerprint density at radius 2 is 0.823 bits per heavy atom. The van der Waals surface area contributed by atoms with Crippen LogP contribution in [0.25, 0.3) is 0 Å².